The third-order valence-corrected chi connectivity index (χ3v) is 5.68. The van der Waals surface area contributed by atoms with Crippen LogP contribution in [0, 0.1) is 5.82 Å². The highest BCUT2D eigenvalue weighted by Crippen LogP contribution is 2.31. The van der Waals surface area contributed by atoms with Gasteiger partial charge in [0.1, 0.15) is 5.75 Å². The molecule has 0 spiro atoms. The molecule has 2 aromatic rings. The van der Waals surface area contributed by atoms with Gasteiger partial charge in [-0.3, -0.25) is 0 Å². The number of rotatable bonds is 7. The largest absolute Gasteiger partial charge is 0.493 e. The van der Waals surface area contributed by atoms with Crippen LogP contribution >= 0.6 is 22.6 Å². The number of benzene rings is 2. The number of hydrogen-bond acceptors (Lipinski definition) is 3. The Bertz CT molecular complexity index is 665. The molecule has 2 atom stereocenters. The minimum Gasteiger partial charge on any atom is -0.493 e. The van der Waals surface area contributed by atoms with Crippen LogP contribution in [0.25, 0.3) is 0 Å². The van der Waals surface area contributed by atoms with Crippen LogP contribution in [0.5, 0.6) is 11.5 Å². The van der Waals surface area contributed by atoms with Gasteiger partial charge in [0.25, 0.3) is 0 Å². The van der Waals surface area contributed by atoms with Crippen LogP contribution in [0.15, 0.2) is 48.5 Å². The minimum absolute atomic E-state index is 0.294. The summed E-state index contributed by atoms with van der Waals surface area (Å²) in [5.41, 5.74) is 1.39. The number of para-hydroxylation sites is 1. The van der Waals surface area contributed by atoms with Crippen molar-refractivity contribution in [2.45, 2.75) is 22.7 Å². The van der Waals surface area contributed by atoms with Gasteiger partial charge in [0.05, 0.1) is 13.2 Å². The van der Waals surface area contributed by atoms with Gasteiger partial charge in [-0.15, -0.1) is 0 Å². The van der Waals surface area contributed by atoms with Gasteiger partial charge in [-0.2, -0.15) is 0 Å². The lowest BCUT2D eigenvalue weighted by Gasteiger charge is -2.28. The van der Waals surface area contributed by atoms with Crippen LogP contribution in [-0.4, -0.2) is 30.2 Å². The van der Waals surface area contributed by atoms with E-state index >= 15 is 0 Å². The van der Waals surface area contributed by atoms with E-state index in [2.05, 4.69) is 40.0 Å². The second-order valence-electron chi connectivity index (χ2n) is 6.17. The fraction of sp³-hybridized carbons (Fsp3) is 0.400. The van der Waals surface area contributed by atoms with Crippen molar-refractivity contribution in [3.8, 4) is 11.5 Å². The molecule has 0 bridgehead atoms. The zero-order chi connectivity index (χ0) is 17.5. The maximum Gasteiger partial charge on any atom is 0.165 e. The molecule has 134 valence electrons. The highest BCUT2D eigenvalue weighted by atomic mass is 127. The van der Waals surface area contributed by atoms with Crippen molar-refractivity contribution in [3.63, 3.8) is 0 Å². The minimum atomic E-state index is -0.328. The molecule has 0 saturated carbocycles. The molecule has 0 aromatic heterocycles. The van der Waals surface area contributed by atoms with Crippen LogP contribution < -0.4 is 14.8 Å². The van der Waals surface area contributed by atoms with E-state index in [-0.39, 0.29) is 5.82 Å². The molecule has 0 amide bonds. The fourth-order valence-corrected chi connectivity index (χ4v) is 4.09. The fourth-order valence-electron chi connectivity index (χ4n) is 3.00. The van der Waals surface area contributed by atoms with E-state index in [0.717, 1.165) is 18.8 Å². The van der Waals surface area contributed by atoms with E-state index in [1.807, 2.05) is 12.1 Å². The van der Waals surface area contributed by atoms with Crippen molar-refractivity contribution in [2.75, 3.05) is 26.3 Å². The van der Waals surface area contributed by atoms with E-state index in [1.165, 1.54) is 18.1 Å². The average Bonchev–Trinajstić information content (AvgIpc) is 2.64. The summed E-state index contributed by atoms with van der Waals surface area (Å²) in [6.07, 6.45) is 1.89. The normalized spacial score (nSPS) is 20.2. The third-order valence-electron chi connectivity index (χ3n) is 4.37. The first-order chi connectivity index (χ1) is 12.2. The van der Waals surface area contributed by atoms with E-state index in [0.29, 0.717) is 35.2 Å². The Morgan fingerprint density at radius 3 is 2.56 bits per heavy atom. The third kappa shape index (κ3) is 5.31. The van der Waals surface area contributed by atoms with E-state index < -0.39 is 0 Å². The first kappa shape index (κ1) is 18.5. The van der Waals surface area contributed by atoms with Gasteiger partial charge in [0, 0.05) is 16.9 Å². The van der Waals surface area contributed by atoms with Crippen LogP contribution in [0.1, 0.15) is 24.3 Å². The van der Waals surface area contributed by atoms with Gasteiger partial charge in [0.15, 0.2) is 11.6 Å². The summed E-state index contributed by atoms with van der Waals surface area (Å²) in [4.78, 5) is 0. The van der Waals surface area contributed by atoms with Crippen molar-refractivity contribution in [3.05, 3.63) is 59.9 Å². The smallest absolute Gasteiger partial charge is 0.165 e. The zero-order valence-corrected chi connectivity index (χ0v) is 16.2. The first-order valence-electron chi connectivity index (χ1n) is 8.69. The molecule has 3 nitrogen and oxygen atoms in total. The summed E-state index contributed by atoms with van der Waals surface area (Å²) >= 11 is 2.54. The SMILES string of the molecule is Fc1ccccc1OCCCOc1ccc([C@H]2CCNCC2I)cc1. The Morgan fingerprint density at radius 1 is 1.04 bits per heavy atom. The van der Waals surface area contributed by atoms with Crippen molar-refractivity contribution in [2.24, 2.45) is 0 Å². The van der Waals surface area contributed by atoms with Gasteiger partial charge < -0.3 is 14.8 Å². The molecule has 5 heteroatoms. The Hall–Kier alpha value is -1.34. The first-order valence-corrected chi connectivity index (χ1v) is 9.93. The average molecular weight is 455 g/mol. The number of alkyl halides is 1. The van der Waals surface area contributed by atoms with Gasteiger partial charge in [-0.25, -0.2) is 4.39 Å². The van der Waals surface area contributed by atoms with Crippen LogP contribution in [0.2, 0.25) is 0 Å². The Balaban J connectivity index is 1.41. The molecule has 1 saturated heterocycles. The van der Waals surface area contributed by atoms with Gasteiger partial charge in [-0.05, 0) is 48.7 Å². The number of ether oxygens (including phenoxy) is 2. The lowest BCUT2D eigenvalue weighted by molar-refractivity contribution is 0.241. The molecule has 1 aliphatic rings. The number of hydrogen-bond donors (Lipinski definition) is 1. The second kappa shape index (κ2) is 9.38. The van der Waals surface area contributed by atoms with E-state index in [9.17, 15) is 4.39 Å². The molecule has 1 fully saturated rings. The quantitative estimate of drug-likeness (QED) is 0.378. The standard InChI is InChI=1S/C20H23FINO2/c21-18-4-1-2-5-20(18)25-13-3-12-24-16-8-6-15(7-9-16)17-10-11-23-14-19(17)22/h1-2,4-9,17,19,23H,3,10-14H2/t17-,19?/m1/s1. The molecule has 3 rings (SSSR count). The molecular formula is C20H23FINO2. The van der Waals surface area contributed by atoms with Crippen molar-refractivity contribution < 1.29 is 13.9 Å². The lowest BCUT2D eigenvalue weighted by Crippen LogP contribution is -2.35. The summed E-state index contributed by atoms with van der Waals surface area (Å²) in [7, 11) is 0. The molecule has 1 N–H and O–H groups in total. The second-order valence-corrected chi connectivity index (χ2v) is 7.77. The summed E-state index contributed by atoms with van der Waals surface area (Å²) in [6.45, 7) is 3.15. The van der Waals surface area contributed by atoms with E-state index in [1.54, 1.807) is 18.2 Å². The molecule has 0 aliphatic carbocycles. The highest BCUT2D eigenvalue weighted by molar-refractivity contribution is 14.1. The van der Waals surface area contributed by atoms with Gasteiger partial charge >= 0.3 is 0 Å². The summed E-state index contributed by atoms with van der Waals surface area (Å²) in [6, 6.07) is 14.9. The summed E-state index contributed by atoms with van der Waals surface area (Å²) in [5, 5.41) is 3.43. The summed E-state index contributed by atoms with van der Waals surface area (Å²) < 4.78 is 25.2. The van der Waals surface area contributed by atoms with Gasteiger partial charge in [-0.1, -0.05) is 46.9 Å². The molecule has 25 heavy (non-hydrogen) atoms. The van der Waals surface area contributed by atoms with Crippen molar-refractivity contribution in [1.29, 1.82) is 0 Å². The van der Waals surface area contributed by atoms with Crippen LogP contribution in [-0.2, 0) is 0 Å². The Morgan fingerprint density at radius 2 is 1.80 bits per heavy atom. The molecule has 1 aliphatic heterocycles. The maximum atomic E-state index is 13.4. The molecule has 0 radical (unpaired) electrons. The maximum absolute atomic E-state index is 13.4. The van der Waals surface area contributed by atoms with Crippen LogP contribution in [0.3, 0.4) is 0 Å². The molecule has 2 aromatic carbocycles. The number of piperidine rings is 1. The zero-order valence-electron chi connectivity index (χ0n) is 14.1. The predicted molar refractivity (Wildman–Crippen MR) is 106 cm³/mol. The van der Waals surface area contributed by atoms with E-state index in [4.69, 9.17) is 9.47 Å². The molecule has 1 unspecified atom stereocenters. The Labute approximate surface area is 162 Å². The molecule has 1 heterocycles. The number of nitrogens with one attached hydrogen (secondary N) is 1. The molecular weight excluding hydrogens is 432 g/mol. The predicted octanol–water partition coefficient (Wildman–Crippen LogP) is 4.55. The Kier molecular flexibility index (Phi) is 6.93. The monoisotopic (exact) mass is 455 g/mol. The summed E-state index contributed by atoms with van der Waals surface area (Å²) in [5.74, 6) is 1.45. The lowest BCUT2D eigenvalue weighted by atomic mass is 9.90. The highest BCUT2D eigenvalue weighted by Gasteiger charge is 2.23. The van der Waals surface area contributed by atoms with Crippen molar-refractivity contribution in [1.82, 2.24) is 5.32 Å². The van der Waals surface area contributed by atoms with Crippen molar-refractivity contribution >= 4 is 22.6 Å². The topological polar surface area (TPSA) is 30.5 Å². The number of halogens is 2. The van der Waals surface area contributed by atoms with Gasteiger partial charge in [0.2, 0.25) is 0 Å². The van der Waals surface area contributed by atoms with Crippen LogP contribution in [0.4, 0.5) is 4.39 Å².